The van der Waals surface area contributed by atoms with E-state index in [4.69, 9.17) is 0 Å². The summed E-state index contributed by atoms with van der Waals surface area (Å²) in [6.07, 6.45) is 4.36. The fraction of sp³-hybridized carbons (Fsp3) is 0.300. The molecular weight excluding hydrogens is 272 g/mol. The Morgan fingerprint density at radius 3 is 1.95 bits per heavy atom. The number of Topliss-reactive ketones (excluding diaryl/α,β-unsaturated/α-hetero) is 1. The molecule has 0 aliphatic rings. The molecule has 0 heterocycles. The molecule has 0 aliphatic carbocycles. The summed E-state index contributed by atoms with van der Waals surface area (Å²) >= 11 is 0. The Balaban J connectivity index is 1.75. The van der Waals surface area contributed by atoms with Crippen molar-refractivity contribution in [3.05, 3.63) is 71.8 Å². The lowest BCUT2D eigenvalue weighted by Crippen LogP contribution is -2.17. The summed E-state index contributed by atoms with van der Waals surface area (Å²) in [4.78, 5) is 23.3. The van der Waals surface area contributed by atoms with Crippen molar-refractivity contribution in [1.82, 2.24) is 0 Å². The van der Waals surface area contributed by atoms with E-state index in [-0.39, 0.29) is 5.78 Å². The van der Waals surface area contributed by atoms with Crippen LogP contribution < -0.4 is 0 Å². The van der Waals surface area contributed by atoms with Crippen LogP contribution in [0.2, 0.25) is 0 Å². The molecule has 2 heteroatoms. The topological polar surface area (TPSA) is 34.1 Å². The predicted octanol–water partition coefficient (Wildman–Crippen LogP) is 4.03. The van der Waals surface area contributed by atoms with Crippen molar-refractivity contribution in [2.45, 2.75) is 32.1 Å². The summed E-state index contributed by atoms with van der Waals surface area (Å²) in [7, 11) is 0. The van der Waals surface area contributed by atoms with Gasteiger partial charge in [-0.05, 0) is 36.8 Å². The fourth-order valence-corrected chi connectivity index (χ4v) is 2.57. The smallest absolute Gasteiger partial charge is 0.143 e. The lowest BCUT2D eigenvalue weighted by atomic mass is 9.93. The molecule has 2 rings (SSSR count). The Morgan fingerprint density at radius 2 is 1.41 bits per heavy atom. The second-order valence-electron chi connectivity index (χ2n) is 5.57. The van der Waals surface area contributed by atoms with Gasteiger partial charge in [0.15, 0.2) is 0 Å². The first-order valence-corrected chi connectivity index (χ1v) is 7.85. The minimum Gasteiger partial charge on any atom is -0.303 e. The van der Waals surface area contributed by atoms with Gasteiger partial charge in [-0.25, -0.2) is 0 Å². The van der Waals surface area contributed by atoms with E-state index in [0.717, 1.165) is 25.5 Å². The molecule has 0 bridgehead atoms. The molecule has 1 atom stereocenters. The van der Waals surface area contributed by atoms with Gasteiger partial charge in [0.1, 0.15) is 12.1 Å². The SMILES string of the molecule is O=CC(CCc1ccccc1)C(=O)CCCc1ccccc1. The van der Waals surface area contributed by atoms with Gasteiger partial charge < -0.3 is 4.79 Å². The van der Waals surface area contributed by atoms with E-state index in [2.05, 4.69) is 12.1 Å². The van der Waals surface area contributed by atoms with Crippen LogP contribution in [0.3, 0.4) is 0 Å². The monoisotopic (exact) mass is 294 g/mol. The molecule has 114 valence electrons. The van der Waals surface area contributed by atoms with E-state index < -0.39 is 5.92 Å². The van der Waals surface area contributed by atoms with Gasteiger partial charge in [-0.2, -0.15) is 0 Å². The van der Waals surface area contributed by atoms with Crippen LogP contribution >= 0.6 is 0 Å². The van der Waals surface area contributed by atoms with E-state index in [9.17, 15) is 9.59 Å². The zero-order valence-corrected chi connectivity index (χ0v) is 12.8. The molecule has 0 fully saturated rings. The van der Waals surface area contributed by atoms with Crippen molar-refractivity contribution in [2.24, 2.45) is 5.92 Å². The van der Waals surface area contributed by atoms with Crippen molar-refractivity contribution >= 4 is 12.1 Å². The van der Waals surface area contributed by atoms with Crippen molar-refractivity contribution in [1.29, 1.82) is 0 Å². The third-order valence-corrected chi connectivity index (χ3v) is 3.90. The van der Waals surface area contributed by atoms with E-state index in [0.29, 0.717) is 12.8 Å². The third kappa shape index (κ3) is 5.28. The summed E-state index contributed by atoms with van der Waals surface area (Å²) in [5.74, 6) is -0.391. The van der Waals surface area contributed by atoms with Crippen LogP contribution in [0.1, 0.15) is 30.4 Å². The Bertz CT molecular complexity index is 575. The maximum atomic E-state index is 12.2. The standard InChI is InChI=1S/C20H22O2/c21-16-19(15-14-18-10-5-2-6-11-18)20(22)13-7-12-17-8-3-1-4-9-17/h1-6,8-11,16,19H,7,12-15H2. The Morgan fingerprint density at radius 1 is 0.864 bits per heavy atom. The van der Waals surface area contributed by atoms with Crippen LogP contribution in [0, 0.1) is 5.92 Å². The van der Waals surface area contributed by atoms with Crippen LogP contribution in [0.15, 0.2) is 60.7 Å². The van der Waals surface area contributed by atoms with Gasteiger partial charge in [0, 0.05) is 6.42 Å². The average Bonchev–Trinajstić information content (AvgIpc) is 2.57. The number of carbonyl (C=O) groups is 2. The quantitative estimate of drug-likeness (QED) is 0.517. The second kappa shape index (κ2) is 8.93. The van der Waals surface area contributed by atoms with Crippen molar-refractivity contribution < 1.29 is 9.59 Å². The number of aldehydes is 1. The number of aryl methyl sites for hydroxylation is 2. The first-order valence-electron chi connectivity index (χ1n) is 7.85. The Hall–Kier alpha value is -2.22. The zero-order chi connectivity index (χ0) is 15.6. The molecule has 0 radical (unpaired) electrons. The lowest BCUT2D eigenvalue weighted by Gasteiger charge is -2.09. The molecule has 2 aromatic rings. The summed E-state index contributed by atoms with van der Waals surface area (Å²) in [5.41, 5.74) is 2.41. The third-order valence-electron chi connectivity index (χ3n) is 3.90. The van der Waals surface area contributed by atoms with Crippen LogP contribution in [-0.2, 0) is 22.4 Å². The summed E-state index contributed by atoms with van der Waals surface area (Å²) < 4.78 is 0. The maximum absolute atomic E-state index is 12.2. The molecular formula is C20H22O2. The molecule has 2 nitrogen and oxygen atoms in total. The molecule has 0 N–H and O–H groups in total. The van der Waals surface area contributed by atoms with Gasteiger partial charge in [0.2, 0.25) is 0 Å². The molecule has 22 heavy (non-hydrogen) atoms. The minimum atomic E-state index is -0.462. The largest absolute Gasteiger partial charge is 0.303 e. The molecule has 0 aromatic heterocycles. The number of hydrogen-bond acceptors (Lipinski definition) is 2. The second-order valence-corrected chi connectivity index (χ2v) is 5.57. The molecule has 0 aliphatic heterocycles. The van der Waals surface area contributed by atoms with Gasteiger partial charge in [-0.1, -0.05) is 60.7 Å². The maximum Gasteiger partial charge on any atom is 0.143 e. The minimum absolute atomic E-state index is 0.0712. The van der Waals surface area contributed by atoms with E-state index in [1.54, 1.807) is 0 Å². The molecule has 1 unspecified atom stereocenters. The predicted molar refractivity (Wildman–Crippen MR) is 88.7 cm³/mol. The Kier molecular flexibility index (Phi) is 6.56. The van der Waals surface area contributed by atoms with Crippen molar-refractivity contribution in [3.8, 4) is 0 Å². The number of hydrogen-bond donors (Lipinski definition) is 0. The highest BCUT2D eigenvalue weighted by Gasteiger charge is 2.16. The lowest BCUT2D eigenvalue weighted by molar-refractivity contribution is -0.127. The highest BCUT2D eigenvalue weighted by molar-refractivity contribution is 5.93. The van der Waals surface area contributed by atoms with Crippen molar-refractivity contribution in [2.75, 3.05) is 0 Å². The molecule has 2 aromatic carbocycles. The van der Waals surface area contributed by atoms with Gasteiger partial charge in [0.05, 0.1) is 5.92 Å². The van der Waals surface area contributed by atoms with Crippen LogP contribution in [0.4, 0.5) is 0 Å². The molecule has 0 spiro atoms. The highest BCUT2D eigenvalue weighted by atomic mass is 16.1. The van der Waals surface area contributed by atoms with Gasteiger partial charge in [-0.3, -0.25) is 4.79 Å². The van der Waals surface area contributed by atoms with Crippen LogP contribution in [0.5, 0.6) is 0 Å². The first-order chi connectivity index (χ1) is 10.8. The van der Waals surface area contributed by atoms with Crippen molar-refractivity contribution in [3.63, 3.8) is 0 Å². The van der Waals surface area contributed by atoms with Crippen LogP contribution in [-0.4, -0.2) is 12.1 Å². The normalized spacial score (nSPS) is 11.8. The van der Waals surface area contributed by atoms with Gasteiger partial charge >= 0.3 is 0 Å². The number of rotatable bonds is 9. The zero-order valence-electron chi connectivity index (χ0n) is 12.8. The fourth-order valence-electron chi connectivity index (χ4n) is 2.57. The van der Waals surface area contributed by atoms with E-state index >= 15 is 0 Å². The summed E-state index contributed by atoms with van der Waals surface area (Å²) in [6, 6.07) is 20.1. The first kappa shape index (κ1) is 16.2. The number of benzene rings is 2. The Labute approximate surface area is 132 Å². The summed E-state index contributed by atoms with van der Waals surface area (Å²) in [6.45, 7) is 0. The average molecular weight is 294 g/mol. The molecule has 0 saturated carbocycles. The number of carbonyl (C=O) groups excluding carboxylic acids is 2. The van der Waals surface area contributed by atoms with E-state index in [1.165, 1.54) is 11.1 Å². The molecule has 0 amide bonds. The van der Waals surface area contributed by atoms with Crippen LogP contribution in [0.25, 0.3) is 0 Å². The summed E-state index contributed by atoms with van der Waals surface area (Å²) in [5, 5.41) is 0. The van der Waals surface area contributed by atoms with E-state index in [1.807, 2.05) is 48.5 Å². The van der Waals surface area contributed by atoms with Gasteiger partial charge in [0.25, 0.3) is 0 Å². The highest BCUT2D eigenvalue weighted by Crippen LogP contribution is 2.13. The molecule has 0 saturated heterocycles. The number of ketones is 1. The van der Waals surface area contributed by atoms with Gasteiger partial charge in [-0.15, -0.1) is 0 Å².